The first-order valence-corrected chi connectivity index (χ1v) is 6.72. The molecule has 0 bridgehead atoms. The molecule has 0 spiro atoms. The Morgan fingerprint density at radius 3 is 2.76 bits per heavy atom. The molecule has 1 N–H and O–H groups in total. The third-order valence-electron chi connectivity index (χ3n) is 2.92. The highest BCUT2D eigenvalue weighted by Crippen LogP contribution is 2.30. The van der Waals surface area contributed by atoms with E-state index in [1.165, 1.54) is 6.33 Å². The first kappa shape index (κ1) is 13.7. The number of rotatable bonds is 3. The zero-order valence-corrected chi connectivity index (χ0v) is 12.1. The van der Waals surface area contributed by atoms with E-state index < -0.39 is 0 Å². The fourth-order valence-corrected chi connectivity index (χ4v) is 2.34. The van der Waals surface area contributed by atoms with E-state index >= 15 is 0 Å². The number of anilines is 2. The largest absolute Gasteiger partial charge is 0.338 e. The van der Waals surface area contributed by atoms with Gasteiger partial charge in [0, 0.05) is 11.6 Å². The van der Waals surface area contributed by atoms with Crippen molar-refractivity contribution in [2.75, 3.05) is 5.32 Å². The Kier molecular flexibility index (Phi) is 3.68. The predicted molar refractivity (Wildman–Crippen MR) is 82.5 cm³/mol. The Morgan fingerprint density at radius 1 is 1.10 bits per heavy atom. The average molecular weight is 319 g/mol. The Hall–Kier alpha value is -2.24. The maximum Gasteiger partial charge on any atom is 0.156 e. The van der Waals surface area contributed by atoms with Crippen LogP contribution in [0.3, 0.4) is 0 Å². The lowest BCUT2D eigenvalue weighted by molar-refractivity contribution is 0.112. The smallest absolute Gasteiger partial charge is 0.156 e. The molecule has 1 aromatic carbocycles. The molecule has 3 aromatic rings. The van der Waals surface area contributed by atoms with Gasteiger partial charge in [0.2, 0.25) is 0 Å². The molecule has 0 aliphatic heterocycles. The Bertz CT molecular complexity index is 838. The van der Waals surface area contributed by atoms with Crippen molar-refractivity contribution in [1.82, 2.24) is 15.0 Å². The number of nitrogens with one attached hydrogen (secondary N) is 1. The van der Waals surface area contributed by atoms with Gasteiger partial charge >= 0.3 is 0 Å². The topological polar surface area (TPSA) is 67.8 Å². The molecule has 0 saturated carbocycles. The molecule has 0 unspecified atom stereocenters. The van der Waals surface area contributed by atoms with Crippen LogP contribution in [0.15, 0.2) is 36.8 Å². The van der Waals surface area contributed by atoms with Gasteiger partial charge in [-0.2, -0.15) is 0 Å². The van der Waals surface area contributed by atoms with E-state index in [9.17, 15) is 4.79 Å². The van der Waals surface area contributed by atoms with Crippen molar-refractivity contribution in [1.29, 1.82) is 0 Å². The summed E-state index contributed by atoms with van der Waals surface area (Å²) in [5, 5.41) is 4.54. The van der Waals surface area contributed by atoms with Crippen LogP contribution in [0.4, 0.5) is 11.5 Å². The van der Waals surface area contributed by atoms with Gasteiger partial charge in [-0.1, -0.05) is 23.2 Å². The van der Waals surface area contributed by atoms with Gasteiger partial charge < -0.3 is 5.32 Å². The number of fused-ring (bicyclic) bond motifs is 1. The molecule has 2 aromatic heterocycles. The van der Waals surface area contributed by atoms with Crippen molar-refractivity contribution in [2.45, 2.75) is 0 Å². The van der Waals surface area contributed by atoms with Gasteiger partial charge in [-0.15, -0.1) is 0 Å². The molecule has 3 rings (SSSR count). The highest BCUT2D eigenvalue weighted by Gasteiger charge is 2.12. The summed E-state index contributed by atoms with van der Waals surface area (Å²) in [7, 11) is 0. The number of benzene rings is 1. The lowest BCUT2D eigenvalue weighted by atomic mass is 10.2. The third-order valence-corrected chi connectivity index (χ3v) is 3.55. The fraction of sp³-hybridized carbons (Fsp3) is 0. The van der Waals surface area contributed by atoms with Gasteiger partial charge in [0.05, 0.1) is 21.8 Å². The number of aldehydes is 1. The lowest BCUT2D eigenvalue weighted by Gasteiger charge is -2.11. The summed E-state index contributed by atoms with van der Waals surface area (Å²) in [6.07, 6.45) is 3.55. The number of pyridine rings is 1. The molecule has 104 valence electrons. The minimum atomic E-state index is 0.0914. The average Bonchev–Trinajstić information content (AvgIpc) is 2.51. The maximum atomic E-state index is 11.1. The standard InChI is InChI=1S/C14H8Cl2N4O/c15-10-3-4-11(12-8(10)2-1-5-17-12)20-14-9(6-21)13(16)18-7-19-14/h1-7H,(H,18,19,20). The SMILES string of the molecule is O=Cc1c(Cl)ncnc1Nc1ccc(Cl)c2cccnc12. The van der Waals surface area contributed by atoms with Crippen LogP contribution in [0.5, 0.6) is 0 Å². The molecule has 0 fully saturated rings. The number of aromatic nitrogens is 3. The summed E-state index contributed by atoms with van der Waals surface area (Å²) in [5.41, 5.74) is 1.54. The summed E-state index contributed by atoms with van der Waals surface area (Å²) in [5.74, 6) is 0.319. The number of carbonyl (C=O) groups excluding carboxylic acids is 1. The second-order valence-electron chi connectivity index (χ2n) is 4.16. The molecule has 5 nitrogen and oxygen atoms in total. The van der Waals surface area contributed by atoms with Gasteiger partial charge in [-0.25, -0.2) is 9.97 Å². The van der Waals surface area contributed by atoms with Crippen LogP contribution in [0.2, 0.25) is 10.2 Å². The van der Waals surface area contributed by atoms with Crippen molar-refractivity contribution in [3.05, 3.63) is 52.5 Å². The van der Waals surface area contributed by atoms with Crippen LogP contribution in [-0.4, -0.2) is 21.2 Å². The van der Waals surface area contributed by atoms with Crippen molar-refractivity contribution in [3.63, 3.8) is 0 Å². The molecular weight excluding hydrogens is 311 g/mol. The zero-order chi connectivity index (χ0) is 14.8. The minimum Gasteiger partial charge on any atom is -0.338 e. The Balaban J connectivity index is 2.13. The van der Waals surface area contributed by atoms with Crippen molar-refractivity contribution in [3.8, 4) is 0 Å². The van der Waals surface area contributed by atoms with E-state index in [2.05, 4.69) is 20.3 Å². The van der Waals surface area contributed by atoms with Gasteiger partial charge in [0.15, 0.2) is 6.29 Å². The summed E-state index contributed by atoms with van der Waals surface area (Å²) >= 11 is 12.0. The van der Waals surface area contributed by atoms with Crippen molar-refractivity contribution >= 4 is 51.9 Å². The Labute approximate surface area is 130 Å². The second kappa shape index (κ2) is 5.63. The number of halogens is 2. The second-order valence-corrected chi connectivity index (χ2v) is 4.93. The minimum absolute atomic E-state index is 0.0914. The van der Waals surface area contributed by atoms with Crippen LogP contribution >= 0.6 is 23.2 Å². The van der Waals surface area contributed by atoms with E-state index in [0.717, 1.165) is 5.39 Å². The van der Waals surface area contributed by atoms with Crippen molar-refractivity contribution < 1.29 is 4.79 Å². The highest BCUT2D eigenvalue weighted by atomic mass is 35.5. The number of hydrogen-bond donors (Lipinski definition) is 1. The van der Waals surface area contributed by atoms with E-state index in [1.54, 1.807) is 24.4 Å². The Morgan fingerprint density at radius 2 is 1.95 bits per heavy atom. The molecule has 2 heterocycles. The molecule has 0 atom stereocenters. The fourth-order valence-electron chi connectivity index (χ4n) is 1.94. The molecular formula is C14H8Cl2N4O. The van der Waals surface area contributed by atoms with Crippen LogP contribution in [-0.2, 0) is 0 Å². The monoisotopic (exact) mass is 318 g/mol. The number of hydrogen-bond acceptors (Lipinski definition) is 5. The van der Waals surface area contributed by atoms with Gasteiger partial charge in [-0.05, 0) is 24.3 Å². The number of nitrogens with zero attached hydrogens (tertiary/aromatic N) is 3. The van der Waals surface area contributed by atoms with Gasteiger partial charge in [0.25, 0.3) is 0 Å². The summed E-state index contributed by atoms with van der Waals surface area (Å²) in [4.78, 5) is 23.2. The first-order chi connectivity index (χ1) is 10.2. The molecule has 0 amide bonds. The van der Waals surface area contributed by atoms with Crippen LogP contribution in [0, 0.1) is 0 Å². The highest BCUT2D eigenvalue weighted by molar-refractivity contribution is 6.36. The van der Waals surface area contributed by atoms with E-state index in [4.69, 9.17) is 23.2 Å². The van der Waals surface area contributed by atoms with Crippen LogP contribution < -0.4 is 5.32 Å². The predicted octanol–water partition coefficient (Wildman–Crippen LogP) is 3.89. The van der Waals surface area contributed by atoms with E-state index in [1.807, 2.05) is 6.07 Å². The molecule has 0 saturated heterocycles. The first-order valence-electron chi connectivity index (χ1n) is 5.96. The molecule has 0 aliphatic carbocycles. The molecule has 0 aliphatic rings. The normalized spacial score (nSPS) is 10.6. The van der Waals surface area contributed by atoms with Crippen molar-refractivity contribution in [2.24, 2.45) is 0 Å². The molecule has 7 heteroatoms. The van der Waals surface area contributed by atoms with E-state index in [0.29, 0.717) is 28.3 Å². The van der Waals surface area contributed by atoms with Gasteiger partial charge in [-0.3, -0.25) is 9.78 Å². The number of carbonyl (C=O) groups is 1. The summed E-state index contributed by atoms with van der Waals surface area (Å²) in [6, 6.07) is 7.18. The lowest BCUT2D eigenvalue weighted by Crippen LogP contribution is -2.01. The third kappa shape index (κ3) is 2.53. The quantitative estimate of drug-likeness (QED) is 0.586. The zero-order valence-electron chi connectivity index (χ0n) is 10.5. The maximum absolute atomic E-state index is 11.1. The molecule has 21 heavy (non-hydrogen) atoms. The summed E-state index contributed by atoms with van der Waals surface area (Å²) in [6.45, 7) is 0. The van der Waals surface area contributed by atoms with Gasteiger partial charge in [0.1, 0.15) is 17.3 Å². The van der Waals surface area contributed by atoms with Crippen LogP contribution in [0.25, 0.3) is 10.9 Å². The van der Waals surface area contributed by atoms with Crippen LogP contribution in [0.1, 0.15) is 10.4 Å². The summed E-state index contributed by atoms with van der Waals surface area (Å²) < 4.78 is 0. The van der Waals surface area contributed by atoms with E-state index in [-0.39, 0.29) is 10.7 Å². The molecule has 0 radical (unpaired) electrons.